The fraction of sp³-hybridized carbons (Fsp3) is 0.429. The van der Waals surface area contributed by atoms with E-state index in [1.807, 2.05) is 12.1 Å². The third-order valence-electron chi connectivity index (χ3n) is 3.53. The van der Waals surface area contributed by atoms with E-state index < -0.39 is 0 Å². The molecule has 1 aromatic carbocycles. The van der Waals surface area contributed by atoms with Crippen molar-refractivity contribution in [2.75, 3.05) is 11.4 Å². The summed E-state index contributed by atoms with van der Waals surface area (Å²) in [6.45, 7) is 0.890. The minimum atomic E-state index is 0.0862. The number of carbonyl (C=O) groups excluding carboxylic acids is 1. The Kier molecular flexibility index (Phi) is 3.04. The average molecular weight is 260 g/mol. The number of benzene rings is 1. The molecule has 94 valence electrons. The van der Waals surface area contributed by atoms with Crippen molar-refractivity contribution in [3.05, 3.63) is 29.8 Å². The summed E-state index contributed by atoms with van der Waals surface area (Å²) < 4.78 is 0. The van der Waals surface area contributed by atoms with Crippen LogP contribution in [0.3, 0.4) is 0 Å². The van der Waals surface area contributed by atoms with Crippen LogP contribution in [0.1, 0.15) is 24.8 Å². The Hall–Kier alpha value is -1.42. The summed E-state index contributed by atoms with van der Waals surface area (Å²) in [4.78, 5) is 13.8. The highest BCUT2D eigenvalue weighted by atomic mass is 32.1. The van der Waals surface area contributed by atoms with Crippen LogP contribution in [-0.2, 0) is 11.2 Å². The van der Waals surface area contributed by atoms with Crippen LogP contribution in [0.4, 0.5) is 5.69 Å². The van der Waals surface area contributed by atoms with Gasteiger partial charge in [0.2, 0.25) is 5.91 Å². The lowest BCUT2D eigenvalue weighted by molar-refractivity contribution is -0.120. The Morgan fingerprint density at radius 2 is 2.11 bits per heavy atom. The number of aryl methyl sites for hydroxylation is 1. The molecule has 18 heavy (non-hydrogen) atoms. The van der Waals surface area contributed by atoms with Crippen LogP contribution in [0.15, 0.2) is 24.3 Å². The van der Waals surface area contributed by atoms with Crippen LogP contribution >= 0.6 is 12.2 Å². The number of thiocarbonyl (C=S) groups is 1. The van der Waals surface area contributed by atoms with Gasteiger partial charge in [-0.1, -0.05) is 18.2 Å². The molecule has 1 aliphatic heterocycles. The average Bonchev–Trinajstić information content (AvgIpc) is 3.22. The van der Waals surface area contributed by atoms with Crippen molar-refractivity contribution in [3.8, 4) is 0 Å². The van der Waals surface area contributed by atoms with Gasteiger partial charge >= 0.3 is 0 Å². The van der Waals surface area contributed by atoms with Crippen LogP contribution in [0.5, 0.6) is 0 Å². The summed E-state index contributed by atoms with van der Waals surface area (Å²) >= 11 is 5.37. The van der Waals surface area contributed by atoms with E-state index in [1.54, 1.807) is 0 Å². The van der Waals surface area contributed by atoms with Gasteiger partial charge in [0.25, 0.3) is 0 Å². The molecule has 1 aromatic rings. The van der Waals surface area contributed by atoms with Crippen molar-refractivity contribution in [2.45, 2.75) is 25.7 Å². The zero-order valence-electron chi connectivity index (χ0n) is 10.2. The third kappa shape index (κ3) is 2.25. The van der Waals surface area contributed by atoms with Crippen molar-refractivity contribution < 1.29 is 4.79 Å². The number of anilines is 1. The van der Waals surface area contributed by atoms with E-state index >= 15 is 0 Å². The smallest absolute Gasteiger partial charge is 0.229 e. The largest absolute Gasteiger partial charge is 0.318 e. The second kappa shape index (κ2) is 4.69. The van der Waals surface area contributed by atoms with Crippen molar-refractivity contribution in [1.29, 1.82) is 0 Å². The number of rotatable bonds is 1. The molecule has 3 rings (SSSR count). The zero-order chi connectivity index (χ0) is 12.5. The molecule has 0 aromatic heterocycles. The molecule has 1 heterocycles. The maximum atomic E-state index is 11.7. The van der Waals surface area contributed by atoms with Gasteiger partial charge in [-0.25, -0.2) is 0 Å². The van der Waals surface area contributed by atoms with Crippen LogP contribution in [0, 0.1) is 5.92 Å². The van der Waals surface area contributed by atoms with Crippen LogP contribution < -0.4 is 10.2 Å². The number of nitrogens with zero attached hydrogens (tertiary/aromatic N) is 1. The molecule has 1 fully saturated rings. The van der Waals surface area contributed by atoms with Gasteiger partial charge in [0.1, 0.15) is 0 Å². The molecule has 0 radical (unpaired) electrons. The number of hydrogen-bond acceptors (Lipinski definition) is 2. The number of hydrogen-bond donors (Lipinski definition) is 1. The van der Waals surface area contributed by atoms with Crippen LogP contribution in [-0.4, -0.2) is 17.6 Å². The molecule has 0 spiro atoms. The van der Waals surface area contributed by atoms with Gasteiger partial charge in [0, 0.05) is 18.2 Å². The standard InChI is InChI=1S/C14H16N2OS/c17-13(11-7-8-11)15-14(18)16-9-3-5-10-4-1-2-6-12(10)16/h1-2,4,6,11H,3,5,7-9H2,(H,15,17,18). The molecule has 4 heteroatoms. The van der Waals surface area contributed by atoms with Gasteiger partial charge in [-0.3, -0.25) is 4.79 Å². The Labute approximate surface area is 112 Å². The normalized spacial score (nSPS) is 18.1. The topological polar surface area (TPSA) is 32.3 Å². The summed E-state index contributed by atoms with van der Waals surface area (Å²) in [5, 5.41) is 3.43. The Morgan fingerprint density at radius 3 is 2.89 bits per heavy atom. The minimum Gasteiger partial charge on any atom is -0.318 e. The number of carbonyl (C=O) groups is 1. The number of fused-ring (bicyclic) bond motifs is 1. The van der Waals surface area contributed by atoms with Crippen LogP contribution in [0.2, 0.25) is 0 Å². The number of amides is 1. The molecule has 0 unspecified atom stereocenters. The predicted octanol–water partition coefficient (Wildman–Crippen LogP) is 2.25. The lowest BCUT2D eigenvalue weighted by Crippen LogP contribution is -2.45. The lowest BCUT2D eigenvalue weighted by Gasteiger charge is -2.31. The molecule has 0 atom stereocenters. The van der Waals surface area contributed by atoms with Crippen LogP contribution in [0.25, 0.3) is 0 Å². The van der Waals surface area contributed by atoms with Gasteiger partial charge in [0.15, 0.2) is 5.11 Å². The SMILES string of the molecule is O=C(NC(=S)N1CCCc2ccccc21)C1CC1. The number of nitrogens with one attached hydrogen (secondary N) is 1. The van der Waals surface area contributed by atoms with E-state index in [0.29, 0.717) is 5.11 Å². The summed E-state index contributed by atoms with van der Waals surface area (Å²) in [6.07, 6.45) is 4.18. The van der Waals surface area contributed by atoms with E-state index in [-0.39, 0.29) is 11.8 Å². The summed E-state index contributed by atoms with van der Waals surface area (Å²) in [7, 11) is 0. The second-order valence-electron chi connectivity index (χ2n) is 4.95. The minimum absolute atomic E-state index is 0.0862. The third-order valence-corrected chi connectivity index (χ3v) is 3.86. The Morgan fingerprint density at radius 1 is 1.33 bits per heavy atom. The highest BCUT2D eigenvalue weighted by Gasteiger charge is 2.31. The Balaban J connectivity index is 1.76. The van der Waals surface area contributed by atoms with E-state index in [1.165, 1.54) is 5.56 Å². The molecular formula is C14H16N2OS. The molecule has 1 saturated carbocycles. The molecule has 3 nitrogen and oxygen atoms in total. The first-order chi connectivity index (χ1) is 8.75. The van der Waals surface area contributed by atoms with Gasteiger partial charge < -0.3 is 10.2 Å². The van der Waals surface area contributed by atoms with Gasteiger partial charge in [-0.15, -0.1) is 0 Å². The lowest BCUT2D eigenvalue weighted by atomic mass is 10.0. The van der Waals surface area contributed by atoms with E-state index in [9.17, 15) is 4.79 Å². The van der Waals surface area contributed by atoms with Gasteiger partial charge in [0.05, 0.1) is 0 Å². The van der Waals surface area contributed by atoms with E-state index in [4.69, 9.17) is 12.2 Å². The molecular weight excluding hydrogens is 244 g/mol. The van der Waals surface area contributed by atoms with E-state index in [0.717, 1.165) is 37.9 Å². The highest BCUT2D eigenvalue weighted by Crippen LogP contribution is 2.30. The maximum Gasteiger partial charge on any atom is 0.229 e. The predicted molar refractivity (Wildman–Crippen MR) is 75.6 cm³/mol. The first-order valence-corrected chi connectivity index (χ1v) is 6.87. The molecule has 0 bridgehead atoms. The van der Waals surface area contributed by atoms with Crippen molar-refractivity contribution in [3.63, 3.8) is 0 Å². The molecule has 1 amide bonds. The quantitative estimate of drug-likeness (QED) is 0.786. The first kappa shape index (κ1) is 11.7. The fourth-order valence-electron chi connectivity index (χ4n) is 2.37. The zero-order valence-corrected chi connectivity index (χ0v) is 11.0. The maximum absolute atomic E-state index is 11.7. The van der Waals surface area contributed by atoms with Crippen molar-refractivity contribution >= 4 is 28.9 Å². The second-order valence-corrected chi connectivity index (χ2v) is 5.34. The van der Waals surface area contributed by atoms with E-state index in [2.05, 4.69) is 22.3 Å². The summed E-state index contributed by atoms with van der Waals surface area (Å²) in [5.41, 5.74) is 2.46. The molecule has 0 saturated heterocycles. The van der Waals surface area contributed by atoms with Crippen molar-refractivity contribution in [2.24, 2.45) is 5.92 Å². The van der Waals surface area contributed by atoms with Crippen molar-refractivity contribution in [1.82, 2.24) is 5.32 Å². The molecule has 1 N–H and O–H groups in total. The first-order valence-electron chi connectivity index (χ1n) is 6.46. The Bertz CT molecular complexity index is 496. The number of para-hydroxylation sites is 1. The highest BCUT2D eigenvalue weighted by molar-refractivity contribution is 7.80. The monoisotopic (exact) mass is 260 g/mol. The molecule has 1 aliphatic carbocycles. The fourth-order valence-corrected chi connectivity index (χ4v) is 2.66. The van der Waals surface area contributed by atoms with Gasteiger partial charge in [-0.2, -0.15) is 0 Å². The molecule has 2 aliphatic rings. The summed E-state index contributed by atoms with van der Waals surface area (Å²) in [6, 6.07) is 8.27. The summed E-state index contributed by atoms with van der Waals surface area (Å²) in [5.74, 6) is 0.283. The van der Waals surface area contributed by atoms with Gasteiger partial charge in [-0.05, 0) is 49.5 Å².